The van der Waals surface area contributed by atoms with Crippen LogP contribution in [-0.4, -0.2) is 51.3 Å². The highest BCUT2D eigenvalue weighted by atomic mass is 16.7. The number of benzene rings is 3. The number of rotatable bonds is 11. The van der Waals surface area contributed by atoms with Crippen LogP contribution in [0.1, 0.15) is 53.9 Å². The van der Waals surface area contributed by atoms with E-state index >= 15 is 0 Å². The molecule has 0 aromatic heterocycles. The van der Waals surface area contributed by atoms with Crippen LogP contribution in [0.15, 0.2) is 54.6 Å². The molecule has 0 fully saturated rings. The highest BCUT2D eigenvalue weighted by molar-refractivity contribution is 5.80. The van der Waals surface area contributed by atoms with Crippen molar-refractivity contribution in [2.45, 2.75) is 31.6 Å². The molecular weight excluding hydrogens is 516 g/mol. The molecule has 0 saturated carbocycles. The van der Waals surface area contributed by atoms with Gasteiger partial charge < -0.3 is 33.5 Å². The van der Waals surface area contributed by atoms with E-state index in [-0.39, 0.29) is 31.7 Å². The van der Waals surface area contributed by atoms with Gasteiger partial charge in [0, 0.05) is 23.5 Å². The summed E-state index contributed by atoms with van der Waals surface area (Å²) in [5, 5.41) is 9.18. The molecule has 9 heteroatoms. The molecule has 5 rings (SSSR count). The fourth-order valence-electron chi connectivity index (χ4n) is 5.53. The predicted octanol–water partition coefficient (Wildman–Crippen LogP) is 5.13. The second-order valence-electron chi connectivity index (χ2n) is 9.65. The van der Waals surface area contributed by atoms with E-state index in [9.17, 15) is 14.7 Å². The number of hydrogen-bond acceptors (Lipinski definition) is 8. The van der Waals surface area contributed by atoms with Crippen molar-refractivity contribution in [2.75, 3.05) is 34.2 Å². The Morgan fingerprint density at radius 3 is 2.38 bits per heavy atom. The molecule has 3 atom stereocenters. The smallest absolute Gasteiger partial charge is 0.310 e. The molecule has 1 N–H and O–H groups in total. The van der Waals surface area contributed by atoms with E-state index in [1.807, 2.05) is 49.4 Å². The Labute approximate surface area is 232 Å². The zero-order chi connectivity index (χ0) is 28.2. The maximum absolute atomic E-state index is 13.6. The molecule has 40 heavy (non-hydrogen) atoms. The molecule has 3 aromatic carbocycles. The Hall–Kier alpha value is -4.40. The molecule has 3 aromatic rings. The van der Waals surface area contributed by atoms with E-state index < -0.39 is 17.8 Å². The van der Waals surface area contributed by atoms with Crippen molar-refractivity contribution in [1.29, 1.82) is 0 Å². The van der Waals surface area contributed by atoms with Crippen molar-refractivity contribution in [3.05, 3.63) is 76.9 Å². The van der Waals surface area contributed by atoms with Crippen LogP contribution in [0.3, 0.4) is 0 Å². The summed E-state index contributed by atoms with van der Waals surface area (Å²) in [5.41, 5.74) is 3.46. The molecule has 0 spiro atoms. The van der Waals surface area contributed by atoms with E-state index in [4.69, 9.17) is 28.4 Å². The van der Waals surface area contributed by atoms with E-state index in [0.717, 1.165) is 28.7 Å². The molecule has 2 aliphatic rings. The summed E-state index contributed by atoms with van der Waals surface area (Å²) in [4.78, 5) is 24.8. The van der Waals surface area contributed by atoms with Gasteiger partial charge in [0.2, 0.25) is 6.79 Å². The summed E-state index contributed by atoms with van der Waals surface area (Å²) in [6.45, 7) is 2.70. The van der Waals surface area contributed by atoms with E-state index in [1.165, 1.54) is 7.11 Å². The van der Waals surface area contributed by atoms with Gasteiger partial charge in [-0.1, -0.05) is 25.1 Å². The van der Waals surface area contributed by atoms with Gasteiger partial charge in [-0.05, 0) is 53.4 Å². The van der Waals surface area contributed by atoms with Crippen molar-refractivity contribution < 1.29 is 43.1 Å². The van der Waals surface area contributed by atoms with E-state index in [2.05, 4.69) is 0 Å². The molecule has 9 nitrogen and oxygen atoms in total. The van der Waals surface area contributed by atoms with Gasteiger partial charge in [-0.15, -0.1) is 0 Å². The Morgan fingerprint density at radius 2 is 1.62 bits per heavy atom. The van der Waals surface area contributed by atoms with Crippen molar-refractivity contribution in [1.82, 2.24) is 0 Å². The zero-order valence-electron chi connectivity index (χ0n) is 22.7. The Morgan fingerprint density at radius 1 is 0.850 bits per heavy atom. The quantitative estimate of drug-likeness (QED) is 0.326. The third kappa shape index (κ3) is 5.23. The fraction of sp³-hybridized carbons (Fsp3) is 0.355. The number of carboxylic acids is 1. The van der Waals surface area contributed by atoms with Crippen molar-refractivity contribution in [3.63, 3.8) is 0 Å². The minimum atomic E-state index is -0.969. The summed E-state index contributed by atoms with van der Waals surface area (Å²) >= 11 is 0. The third-order valence-electron chi connectivity index (χ3n) is 7.28. The van der Waals surface area contributed by atoms with Gasteiger partial charge in [-0.25, -0.2) is 0 Å². The molecule has 210 valence electrons. The second kappa shape index (κ2) is 11.8. The van der Waals surface area contributed by atoms with Crippen LogP contribution in [0, 0.1) is 5.92 Å². The molecule has 0 amide bonds. The van der Waals surface area contributed by atoms with Crippen molar-refractivity contribution in [2.24, 2.45) is 5.92 Å². The Kier molecular flexibility index (Phi) is 8.00. The average molecular weight is 549 g/mol. The van der Waals surface area contributed by atoms with Crippen LogP contribution in [0.2, 0.25) is 0 Å². The number of hydrogen-bond donors (Lipinski definition) is 1. The van der Waals surface area contributed by atoms with Crippen LogP contribution in [-0.2, 0) is 14.3 Å². The second-order valence-corrected chi connectivity index (χ2v) is 9.65. The van der Waals surface area contributed by atoms with Crippen LogP contribution in [0.25, 0.3) is 0 Å². The van der Waals surface area contributed by atoms with E-state index in [0.29, 0.717) is 35.4 Å². The first kappa shape index (κ1) is 27.2. The first-order valence-corrected chi connectivity index (χ1v) is 13.2. The Balaban J connectivity index is 1.68. The van der Waals surface area contributed by atoms with Gasteiger partial charge in [-0.2, -0.15) is 0 Å². The van der Waals surface area contributed by atoms with Crippen LogP contribution in [0.4, 0.5) is 0 Å². The molecule has 0 radical (unpaired) electrons. The lowest BCUT2D eigenvalue weighted by molar-refractivity contribution is -0.146. The molecular formula is C31H32O9. The number of carbonyl (C=O) groups excluding carboxylic acids is 1. The van der Waals surface area contributed by atoms with Gasteiger partial charge in [0.1, 0.15) is 17.2 Å². The minimum Gasteiger partial charge on any atom is -0.497 e. The third-order valence-corrected chi connectivity index (χ3v) is 7.28. The monoisotopic (exact) mass is 548 g/mol. The van der Waals surface area contributed by atoms with Crippen molar-refractivity contribution >= 4 is 11.9 Å². The van der Waals surface area contributed by atoms with Gasteiger partial charge in [0.15, 0.2) is 11.5 Å². The van der Waals surface area contributed by atoms with Gasteiger partial charge in [0.25, 0.3) is 0 Å². The molecule has 1 aliphatic carbocycles. The van der Waals surface area contributed by atoms with Crippen molar-refractivity contribution in [3.8, 4) is 28.7 Å². The number of aliphatic carboxylic acids is 1. The van der Waals surface area contributed by atoms with Crippen LogP contribution < -0.4 is 23.7 Å². The predicted molar refractivity (Wildman–Crippen MR) is 145 cm³/mol. The molecule has 0 saturated heterocycles. The standard InChI is InChI=1S/C31H32O9/c1-4-12-37-20-7-8-21-23(15-20)29(22-9-6-19(35-2)16-25(22)38-13-11-27(32)33)30(31(34)36-3)28(21)18-5-10-24-26(14-18)40-17-39-24/h5-10,14-16,28-30H,4,11-13,17H2,1-3H3,(H,32,33). The number of carbonyl (C=O) groups is 2. The van der Waals surface area contributed by atoms with Gasteiger partial charge in [-0.3, -0.25) is 9.59 Å². The lowest BCUT2D eigenvalue weighted by Gasteiger charge is -2.26. The molecule has 1 heterocycles. The SMILES string of the molecule is CCCOc1ccc2c(c1)C(c1ccc(OC)cc1OCCC(=O)O)C(C(=O)OC)C2c1ccc2c(c1)OCO2. The highest BCUT2D eigenvalue weighted by Gasteiger charge is 2.48. The normalized spacial score (nSPS) is 18.6. The van der Waals surface area contributed by atoms with Gasteiger partial charge >= 0.3 is 11.9 Å². The number of carboxylic acid groups (broad SMARTS) is 1. The lowest BCUT2D eigenvalue weighted by atomic mass is 9.79. The Bertz CT molecular complexity index is 1400. The zero-order valence-corrected chi connectivity index (χ0v) is 22.7. The number of methoxy groups -OCH3 is 2. The summed E-state index contributed by atoms with van der Waals surface area (Å²) in [7, 11) is 2.93. The highest BCUT2D eigenvalue weighted by Crippen LogP contribution is 2.56. The van der Waals surface area contributed by atoms with Gasteiger partial charge in [0.05, 0.1) is 39.8 Å². The number of fused-ring (bicyclic) bond motifs is 2. The summed E-state index contributed by atoms with van der Waals surface area (Å²) in [5.74, 6) is 0.114. The summed E-state index contributed by atoms with van der Waals surface area (Å²) < 4.78 is 34.0. The lowest BCUT2D eigenvalue weighted by Crippen LogP contribution is -2.26. The largest absolute Gasteiger partial charge is 0.497 e. The van der Waals surface area contributed by atoms with Crippen LogP contribution in [0.5, 0.6) is 28.7 Å². The fourth-order valence-corrected chi connectivity index (χ4v) is 5.53. The number of esters is 1. The number of ether oxygens (including phenoxy) is 6. The molecule has 3 unspecified atom stereocenters. The van der Waals surface area contributed by atoms with E-state index in [1.54, 1.807) is 19.2 Å². The average Bonchev–Trinajstić information content (AvgIpc) is 3.57. The maximum Gasteiger partial charge on any atom is 0.310 e. The first-order chi connectivity index (χ1) is 19.4. The molecule has 1 aliphatic heterocycles. The van der Waals surface area contributed by atoms with Crippen LogP contribution >= 0.6 is 0 Å². The topological polar surface area (TPSA) is 110 Å². The minimum absolute atomic E-state index is 0.0385. The maximum atomic E-state index is 13.6. The molecule has 0 bridgehead atoms. The summed E-state index contributed by atoms with van der Waals surface area (Å²) in [6, 6.07) is 17.0. The first-order valence-electron chi connectivity index (χ1n) is 13.2. The summed E-state index contributed by atoms with van der Waals surface area (Å²) in [6.07, 6.45) is 0.679.